The molecule has 0 saturated carbocycles. The number of carbonyl (C=O) groups is 1. The third kappa shape index (κ3) is 7.89. The van der Waals surface area contributed by atoms with Crippen LogP contribution in [0.25, 0.3) is 0 Å². The molecule has 0 aliphatic carbocycles. The molecule has 2 N–H and O–H groups in total. The summed E-state index contributed by atoms with van der Waals surface area (Å²) in [5, 5.41) is 18.9. The van der Waals surface area contributed by atoms with Crippen molar-refractivity contribution in [1.29, 1.82) is 0 Å². The highest BCUT2D eigenvalue weighted by Crippen LogP contribution is 2.12. The molecule has 0 aromatic carbocycles. The van der Waals surface area contributed by atoms with Gasteiger partial charge in [-0.1, -0.05) is 18.2 Å². The van der Waals surface area contributed by atoms with E-state index in [1.165, 1.54) is 18.2 Å². The maximum atomic E-state index is 12.1. The van der Waals surface area contributed by atoms with E-state index in [2.05, 4.69) is 19.7 Å². The van der Waals surface area contributed by atoms with Gasteiger partial charge in [-0.15, -0.1) is 19.7 Å². The minimum Gasteiger partial charge on any atom is -0.394 e. The second-order valence-corrected chi connectivity index (χ2v) is 4.15. The number of ketones is 1. The van der Waals surface area contributed by atoms with Crippen LogP contribution in [0, 0.1) is 0 Å². The van der Waals surface area contributed by atoms with Gasteiger partial charge in [0.25, 0.3) is 0 Å². The first-order valence-corrected chi connectivity index (χ1v) is 6.57. The van der Waals surface area contributed by atoms with Crippen LogP contribution in [0.5, 0.6) is 0 Å². The Kier molecular flexibility index (Phi) is 11.7. The summed E-state index contributed by atoms with van der Waals surface area (Å²) in [7, 11) is 0. The van der Waals surface area contributed by atoms with E-state index >= 15 is 0 Å². The summed E-state index contributed by atoms with van der Waals surface area (Å²) in [4.78, 5) is 12.1. The molecule has 120 valence electrons. The first-order chi connectivity index (χ1) is 10.1. The molecule has 0 unspecified atom stereocenters. The standard InChI is InChI=1S/C15H24O6/c1-4-7-19-11-13(18)15(21-9-6-3)14(12(17)10-16)20-8-5-2/h4-6,12,14-17H,1-3,7-11H2/t12-,14-,15-/m1/s1. The van der Waals surface area contributed by atoms with Crippen molar-refractivity contribution in [3.05, 3.63) is 38.0 Å². The maximum Gasteiger partial charge on any atom is 0.189 e. The zero-order valence-electron chi connectivity index (χ0n) is 12.1. The molecular weight excluding hydrogens is 276 g/mol. The smallest absolute Gasteiger partial charge is 0.189 e. The van der Waals surface area contributed by atoms with Gasteiger partial charge < -0.3 is 24.4 Å². The van der Waals surface area contributed by atoms with Gasteiger partial charge in [-0.2, -0.15) is 0 Å². The molecule has 0 aliphatic rings. The van der Waals surface area contributed by atoms with Crippen molar-refractivity contribution in [2.24, 2.45) is 0 Å². The summed E-state index contributed by atoms with van der Waals surface area (Å²) in [5.74, 6) is -0.403. The summed E-state index contributed by atoms with van der Waals surface area (Å²) in [6.07, 6.45) is 1.10. The topological polar surface area (TPSA) is 85.2 Å². The van der Waals surface area contributed by atoms with Crippen LogP contribution < -0.4 is 0 Å². The number of Topliss-reactive ketones (excluding diaryl/α,β-unsaturated/α-hetero) is 1. The van der Waals surface area contributed by atoms with Crippen LogP contribution in [-0.2, 0) is 19.0 Å². The molecule has 0 aromatic rings. The SMILES string of the molecule is C=CCOCC(=O)[C@@H](OCC=C)[C@H](OCC=C)[C@H](O)CO. The number of hydrogen-bond donors (Lipinski definition) is 2. The summed E-state index contributed by atoms with van der Waals surface area (Å²) in [6, 6.07) is 0. The van der Waals surface area contributed by atoms with Gasteiger partial charge in [0.15, 0.2) is 5.78 Å². The molecule has 0 aliphatic heterocycles. The van der Waals surface area contributed by atoms with Gasteiger partial charge >= 0.3 is 0 Å². The number of aliphatic hydroxyl groups is 2. The van der Waals surface area contributed by atoms with Gasteiger partial charge in [0.2, 0.25) is 0 Å². The molecule has 0 radical (unpaired) electrons. The van der Waals surface area contributed by atoms with E-state index in [-0.39, 0.29) is 26.4 Å². The molecule has 0 saturated heterocycles. The number of rotatable bonds is 14. The molecule has 6 nitrogen and oxygen atoms in total. The lowest BCUT2D eigenvalue weighted by atomic mass is 10.0. The third-order valence-electron chi connectivity index (χ3n) is 2.46. The first kappa shape index (κ1) is 19.7. The van der Waals surface area contributed by atoms with Crippen molar-refractivity contribution in [3.63, 3.8) is 0 Å². The molecule has 0 amide bonds. The molecule has 0 heterocycles. The van der Waals surface area contributed by atoms with E-state index < -0.39 is 30.7 Å². The van der Waals surface area contributed by atoms with Crippen molar-refractivity contribution in [3.8, 4) is 0 Å². The van der Waals surface area contributed by atoms with Crippen LogP contribution in [0.2, 0.25) is 0 Å². The highest BCUT2D eigenvalue weighted by molar-refractivity contribution is 5.85. The normalized spacial score (nSPS) is 15.0. The Morgan fingerprint density at radius 3 is 2.14 bits per heavy atom. The first-order valence-electron chi connectivity index (χ1n) is 6.57. The molecule has 0 bridgehead atoms. The van der Waals surface area contributed by atoms with Gasteiger partial charge in [-0.3, -0.25) is 4.79 Å². The molecular formula is C15H24O6. The monoisotopic (exact) mass is 300 g/mol. The maximum absolute atomic E-state index is 12.1. The summed E-state index contributed by atoms with van der Waals surface area (Å²) in [6.45, 7) is 10.1. The summed E-state index contributed by atoms with van der Waals surface area (Å²) in [5.41, 5.74) is 0. The molecule has 0 fully saturated rings. The average Bonchev–Trinajstić information content (AvgIpc) is 2.49. The Balaban J connectivity index is 4.90. The van der Waals surface area contributed by atoms with E-state index in [0.29, 0.717) is 0 Å². The quantitative estimate of drug-likeness (QED) is 0.353. The van der Waals surface area contributed by atoms with Gasteiger partial charge in [-0.25, -0.2) is 0 Å². The summed E-state index contributed by atoms with van der Waals surface area (Å²) < 4.78 is 15.8. The zero-order chi connectivity index (χ0) is 16.1. The van der Waals surface area contributed by atoms with Gasteiger partial charge in [-0.05, 0) is 0 Å². The number of hydrogen-bond acceptors (Lipinski definition) is 6. The van der Waals surface area contributed by atoms with Crippen molar-refractivity contribution >= 4 is 5.78 Å². The van der Waals surface area contributed by atoms with E-state index in [0.717, 1.165) is 0 Å². The van der Waals surface area contributed by atoms with E-state index in [9.17, 15) is 9.90 Å². The molecule has 3 atom stereocenters. The molecule has 0 aromatic heterocycles. The fourth-order valence-electron chi connectivity index (χ4n) is 1.55. The fraction of sp³-hybridized carbons (Fsp3) is 0.533. The minimum atomic E-state index is -1.26. The number of carbonyl (C=O) groups excluding carboxylic acids is 1. The Bertz CT molecular complexity index is 328. The Morgan fingerprint density at radius 1 is 1.05 bits per heavy atom. The Morgan fingerprint density at radius 2 is 1.62 bits per heavy atom. The van der Waals surface area contributed by atoms with Crippen LogP contribution in [0.1, 0.15) is 0 Å². The van der Waals surface area contributed by atoms with Crippen LogP contribution in [0.3, 0.4) is 0 Å². The largest absolute Gasteiger partial charge is 0.394 e. The molecule has 0 rings (SSSR count). The van der Waals surface area contributed by atoms with E-state index in [1.807, 2.05) is 0 Å². The van der Waals surface area contributed by atoms with E-state index in [4.69, 9.17) is 19.3 Å². The highest BCUT2D eigenvalue weighted by atomic mass is 16.6. The number of aliphatic hydroxyl groups excluding tert-OH is 2. The molecule has 6 heteroatoms. The predicted molar refractivity (Wildman–Crippen MR) is 79.0 cm³/mol. The minimum absolute atomic E-state index is 0.101. The molecule has 21 heavy (non-hydrogen) atoms. The fourth-order valence-corrected chi connectivity index (χ4v) is 1.55. The second kappa shape index (κ2) is 12.4. The second-order valence-electron chi connectivity index (χ2n) is 4.15. The lowest BCUT2D eigenvalue weighted by Crippen LogP contribution is -2.48. The predicted octanol–water partition coefficient (Wildman–Crippen LogP) is 0.254. The highest BCUT2D eigenvalue weighted by Gasteiger charge is 2.34. The Labute approximate surface area is 125 Å². The van der Waals surface area contributed by atoms with Crippen LogP contribution in [0.4, 0.5) is 0 Å². The average molecular weight is 300 g/mol. The lowest BCUT2D eigenvalue weighted by Gasteiger charge is -2.28. The van der Waals surface area contributed by atoms with Crippen LogP contribution in [-0.4, -0.2) is 67.3 Å². The van der Waals surface area contributed by atoms with Crippen molar-refractivity contribution in [1.82, 2.24) is 0 Å². The van der Waals surface area contributed by atoms with Gasteiger partial charge in [0, 0.05) is 0 Å². The van der Waals surface area contributed by atoms with Gasteiger partial charge in [0.1, 0.15) is 24.9 Å². The Hall–Kier alpha value is -1.31. The van der Waals surface area contributed by atoms with E-state index in [1.54, 1.807) is 0 Å². The molecule has 0 spiro atoms. The summed E-state index contributed by atoms with van der Waals surface area (Å²) >= 11 is 0. The zero-order valence-corrected chi connectivity index (χ0v) is 12.1. The van der Waals surface area contributed by atoms with Crippen LogP contribution in [0.15, 0.2) is 38.0 Å². The van der Waals surface area contributed by atoms with Gasteiger partial charge in [0.05, 0.1) is 26.4 Å². The third-order valence-corrected chi connectivity index (χ3v) is 2.46. The van der Waals surface area contributed by atoms with Crippen molar-refractivity contribution in [2.75, 3.05) is 33.0 Å². The lowest BCUT2D eigenvalue weighted by molar-refractivity contribution is -0.157. The number of ether oxygens (including phenoxy) is 3. The van der Waals surface area contributed by atoms with Crippen molar-refractivity contribution < 1.29 is 29.2 Å². The van der Waals surface area contributed by atoms with Crippen molar-refractivity contribution in [2.45, 2.75) is 18.3 Å². The van der Waals surface area contributed by atoms with Crippen LogP contribution >= 0.6 is 0 Å².